The molecule has 4 rings (SSSR count). The maximum atomic E-state index is 13.2. The lowest BCUT2D eigenvalue weighted by Crippen LogP contribution is -2.39. The molecule has 1 saturated heterocycles. The second-order valence-corrected chi connectivity index (χ2v) is 8.29. The first kappa shape index (κ1) is 23.6. The Hall–Kier alpha value is -3.56. The molecular weight excluding hydrogens is 447 g/mol. The zero-order valence-electron chi connectivity index (χ0n) is 18.8. The van der Waals surface area contributed by atoms with Crippen molar-refractivity contribution in [3.05, 3.63) is 70.4 Å². The van der Waals surface area contributed by atoms with Crippen LogP contribution in [0.3, 0.4) is 0 Å². The molecule has 3 heterocycles. The molecule has 1 fully saturated rings. The quantitative estimate of drug-likeness (QED) is 0.540. The number of hydrogen-bond acceptors (Lipinski definition) is 6. The fraction of sp³-hybridized carbons (Fsp3) is 0.375. The van der Waals surface area contributed by atoms with Gasteiger partial charge in [0.2, 0.25) is 5.95 Å². The van der Waals surface area contributed by atoms with E-state index in [2.05, 4.69) is 21.8 Å². The summed E-state index contributed by atoms with van der Waals surface area (Å²) in [7, 11) is 0. The molecule has 10 heteroatoms. The Morgan fingerprint density at radius 2 is 1.82 bits per heavy atom. The van der Waals surface area contributed by atoms with E-state index >= 15 is 0 Å². The van der Waals surface area contributed by atoms with E-state index in [0.717, 1.165) is 61.0 Å². The van der Waals surface area contributed by atoms with E-state index in [1.165, 1.54) is 18.3 Å². The van der Waals surface area contributed by atoms with Crippen LogP contribution in [-0.2, 0) is 12.6 Å². The fourth-order valence-corrected chi connectivity index (χ4v) is 3.98. The molecule has 180 valence electrons. The molecule has 1 aromatic carbocycles. The van der Waals surface area contributed by atoms with E-state index in [0.29, 0.717) is 11.7 Å². The van der Waals surface area contributed by atoms with Crippen LogP contribution in [0.15, 0.2) is 53.7 Å². The Bertz CT molecular complexity index is 1190. The van der Waals surface area contributed by atoms with Crippen LogP contribution in [0.25, 0.3) is 5.69 Å². The lowest BCUT2D eigenvalue weighted by molar-refractivity contribution is -0.136. The molecule has 2 aromatic heterocycles. The van der Waals surface area contributed by atoms with Gasteiger partial charge < -0.3 is 15.4 Å². The van der Waals surface area contributed by atoms with Crippen molar-refractivity contribution >= 4 is 11.6 Å². The lowest BCUT2D eigenvalue weighted by Gasteiger charge is -2.32. The minimum atomic E-state index is -4.61. The Morgan fingerprint density at radius 3 is 2.44 bits per heavy atom. The molecule has 7 nitrogen and oxygen atoms in total. The third kappa shape index (κ3) is 5.32. The number of anilines is 2. The number of nitrogens with two attached hydrogens (primary N) is 1. The summed E-state index contributed by atoms with van der Waals surface area (Å²) in [6.07, 6.45) is 3.91. The molecule has 1 aliphatic heterocycles. The molecule has 34 heavy (non-hydrogen) atoms. The third-order valence-electron chi connectivity index (χ3n) is 5.77. The van der Waals surface area contributed by atoms with Crippen molar-refractivity contribution in [2.24, 2.45) is 0 Å². The maximum Gasteiger partial charge on any atom is 0.418 e. The van der Waals surface area contributed by atoms with Gasteiger partial charge in [0.1, 0.15) is 11.9 Å². The van der Waals surface area contributed by atoms with Gasteiger partial charge in [-0.2, -0.15) is 13.2 Å². The number of nitrogen functional groups attached to an aromatic ring is 1. The summed E-state index contributed by atoms with van der Waals surface area (Å²) in [6, 6.07) is 6.24. The smallest absolute Gasteiger partial charge is 0.418 e. The number of benzene rings is 1. The van der Waals surface area contributed by atoms with E-state index in [1.807, 2.05) is 12.4 Å². The lowest BCUT2D eigenvalue weighted by atomic mass is 10.1. The standard InChI is InChI=1S/C24H26F3N5O2/c1-2-3-16-14-29-23(30-15-16)31-9-6-18(7-10-31)34-19-8-11-32(22(33)13-19)17-4-5-21(28)20(12-17)24(25,26)27/h4-5,8,11-15,18H,2-3,6-7,9-10,28H2,1H3. The molecule has 3 aromatic rings. The van der Waals surface area contributed by atoms with Gasteiger partial charge in [-0.1, -0.05) is 13.3 Å². The Morgan fingerprint density at radius 1 is 1.12 bits per heavy atom. The number of hydrogen-bond donors (Lipinski definition) is 1. The van der Waals surface area contributed by atoms with Crippen molar-refractivity contribution in [1.82, 2.24) is 14.5 Å². The zero-order valence-corrected chi connectivity index (χ0v) is 18.8. The van der Waals surface area contributed by atoms with Crippen molar-refractivity contribution in [1.29, 1.82) is 0 Å². The van der Waals surface area contributed by atoms with Gasteiger partial charge in [0.15, 0.2) is 0 Å². The second kappa shape index (κ2) is 9.74. The molecule has 2 N–H and O–H groups in total. The van der Waals surface area contributed by atoms with Gasteiger partial charge in [-0.25, -0.2) is 9.97 Å². The van der Waals surface area contributed by atoms with Crippen LogP contribution in [0, 0.1) is 0 Å². The van der Waals surface area contributed by atoms with Gasteiger partial charge in [0.25, 0.3) is 5.56 Å². The Kier molecular flexibility index (Phi) is 6.76. The van der Waals surface area contributed by atoms with E-state index in [1.54, 1.807) is 6.07 Å². The summed E-state index contributed by atoms with van der Waals surface area (Å²) < 4.78 is 46.6. The molecule has 0 radical (unpaired) electrons. The van der Waals surface area contributed by atoms with Crippen molar-refractivity contribution in [3.8, 4) is 11.4 Å². The highest BCUT2D eigenvalue weighted by Crippen LogP contribution is 2.34. The van der Waals surface area contributed by atoms with Gasteiger partial charge >= 0.3 is 6.18 Å². The largest absolute Gasteiger partial charge is 0.490 e. The Balaban J connectivity index is 1.40. The van der Waals surface area contributed by atoms with Crippen LogP contribution >= 0.6 is 0 Å². The number of piperidine rings is 1. The number of aryl methyl sites for hydroxylation is 1. The van der Waals surface area contributed by atoms with Gasteiger partial charge in [-0.05, 0) is 36.2 Å². The van der Waals surface area contributed by atoms with E-state index < -0.39 is 23.0 Å². The molecule has 0 atom stereocenters. The number of ether oxygens (including phenoxy) is 1. The van der Waals surface area contributed by atoms with Crippen LogP contribution in [0.5, 0.6) is 5.75 Å². The first-order chi connectivity index (χ1) is 16.2. The van der Waals surface area contributed by atoms with Crippen LogP contribution in [0.2, 0.25) is 0 Å². The Labute approximate surface area is 195 Å². The minimum Gasteiger partial charge on any atom is -0.490 e. The van der Waals surface area contributed by atoms with Crippen LogP contribution in [0.1, 0.15) is 37.3 Å². The molecule has 0 saturated carbocycles. The topological polar surface area (TPSA) is 86.3 Å². The summed E-state index contributed by atoms with van der Waals surface area (Å²) in [5, 5.41) is 0. The van der Waals surface area contributed by atoms with Crippen LogP contribution in [-0.4, -0.2) is 33.7 Å². The van der Waals surface area contributed by atoms with Crippen molar-refractivity contribution in [2.45, 2.75) is 44.9 Å². The molecule has 0 spiro atoms. The van der Waals surface area contributed by atoms with Crippen LogP contribution in [0.4, 0.5) is 24.8 Å². The average molecular weight is 473 g/mol. The predicted octanol–water partition coefficient (Wildman–Crippen LogP) is 4.23. The fourth-order valence-electron chi connectivity index (χ4n) is 3.98. The molecule has 0 unspecified atom stereocenters. The summed E-state index contributed by atoms with van der Waals surface area (Å²) >= 11 is 0. The van der Waals surface area contributed by atoms with Gasteiger partial charge in [-0.3, -0.25) is 9.36 Å². The highest BCUT2D eigenvalue weighted by Gasteiger charge is 2.33. The number of nitrogens with zero attached hydrogens (tertiary/aromatic N) is 4. The SMILES string of the molecule is CCCc1cnc(N2CCC(Oc3ccn(-c4ccc(N)c(C(F)(F)F)c4)c(=O)c3)CC2)nc1. The van der Waals surface area contributed by atoms with E-state index in [9.17, 15) is 18.0 Å². The highest BCUT2D eigenvalue weighted by atomic mass is 19.4. The van der Waals surface area contributed by atoms with E-state index in [4.69, 9.17) is 10.5 Å². The number of aromatic nitrogens is 3. The van der Waals surface area contributed by atoms with Gasteiger partial charge in [0.05, 0.1) is 5.56 Å². The van der Waals surface area contributed by atoms with Crippen molar-refractivity contribution in [2.75, 3.05) is 23.7 Å². The number of pyridine rings is 1. The maximum absolute atomic E-state index is 13.2. The summed E-state index contributed by atoms with van der Waals surface area (Å²) in [4.78, 5) is 23.6. The average Bonchev–Trinajstić information content (AvgIpc) is 2.80. The third-order valence-corrected chi connectivity index (χ3v) is 5.77. The minimum absolute atomic E-state index is 0.0799. The molecule has 0 amide bonds. The zero-order chi connectivity index (χ0) is 24.3. The monoisotopic (exact) mass is 473 g/mol. The van der Waals surface area contributed by atoms with Crippen molar-refractivity contribution < 1.29 is 17.9 Å². The molecule has 0 aliphatic carbocycles. The number of rotatable bonds is 6. The molecular formula is C24H26F3N5O2. The molecule has 0 bridgehead atoms. The van der Waals surface area contributed by atoms with Gasteiger partial charge in [0, 0.05) is 62.0 Å². The molecule has 1 aliphatic rings. The first-order valence-corrected chi connectivity index (χ1v) is 11.2. The predicted molar refractivity (Wildman–Crippen MR) is 123 cm³/mol. The normalized spacial score (nSPS) is 14.9. The summed E-state index contributed by atoms with van der Waals surface area (Å²) in [5.74, 6) is 1.08. The first-order valence-electron chi connectivity index (χ1n) is 11.2. The summed E-state index contributed by atoms with van der Waals surface area (Å²) in [6.45, 7) is 3.56. The number of halogens is 3. The van der Waals surface area contributed by atoms with Crippen LogP contribution < -0.4 is 20.9 Å². The van der Waals surface area contributed by atoms with Crippen molar-refractivity contribution in [3.63, 3.8) is 0 Å². The highest BCUT2D eigenvalue weighted by molar-refractivity contribution is 5.54. The second-order valence-electron chi connectivity index (χ2n) is 8.29. The van der Waals surface area contributed by atoms with Gasteiger partial charge in [-0.15, -0.1) is 0 Å². The summed E-state index contributed by atoms with van der Waals surface area (Å²) in [5.41, 5.74) is 4.78. The van der Waals surface area contributed by atoms with E-state index in [-0.39, 0.29) is 11.8 Å². The number of alkyl halides is 3.